The number of aliphatic hydroxyl groups is 1. The van der Waals surface area contributed by atoms with Crippen LogP contribution in [-0.4, -0.2) is 23.2 Å². The fourth-order valence-corrected chi connectivity index (χ4v) is 2.96. The van der Waals surface area contributed by atoms with E-state index in [9.17, 15) is 9.90 Å². The normalized spacial score (nSPS) is 20.8. The van der Waals surface area contributed by atoms with Crippen LogP contribution in [0, 0.1) is 0 Å². The van der Waals surface area contributed by atoms with Gasteiger partial charge >= 0.3 is 0 Å². The van der Waals surface area contributed by atoms with Gasteiger partial charge < -0.3 is 5.11 Å². The molecular weight excluding hydrogens is 358 g/mol. The Kier molecular flexibility index (Phi) is 3.53. The van der Waals surface area contributed by atoms with Gasteiger partial charge in [0.25, 0.3) is 5.91 Å². The summed E-state index contributed by atoms with van der Waals surface area (Å²) in [5.41, 5.74) is -0.412. The molecule has 1 heterocycles. The fourth-order valence-electron chi connectivity index (χ4n) is 2.53. The van der Waals surface area contributed by atoms with E-state index in [4.69, 9.17) is 16.4 Å². The van der Waals surface area contributed by atoms with E-state index in [0.29, 0.717) is 21.7 Å². The number of hydroxylamine groups is 2. The first-order valence-electron chi connectivity index (χ1n) is 6.15. The summed E-state index contributed by atoms with van der Waals surface area (Å²) in [4.78, 5) is 17.5. The summed E-state index contributed by atoms with van der Waals surface area (Å²) in [6.07, 6.45) is 0. The number of rotatable bonds is 2. The smallest absolute Gasteiger partial charge is 0.281 e. The summed E-state index contributed by atoms with van der Waals surface area (Å²) in [6.45, 7) is 0. The third kappa shape index (κ3) is 2.08. The van der Waals surface area contributed by atoms with Gasteiger partial charge in [-0.3, -0.25) is 9.63 Å². The summed E-state index contributed by atoms with van der Waals surface area (Å²) in [5, 5.41) is 12.6. The monoisotopic (exact) mass is 367 g/mol. The molecular formula is C15H11BrClNO3. The van der Waals surface area contributed by atoms with E-state index in [2.05, 4.69) is 15.9 Å². The second kappa shape index (κ2) is 5.10. The molecule has 1 aliphatic rings. The van der Waals surface area contributed by atoms with Gasteiger partial charge in [-0.25, -0.2) is 0 Å². The highest BCUT2D eigenvalue weighted by Gasteiger charge is 2.51. The van der Waals surface area contributed by atoms with Crippen molar-refractivity contribution in [1.82, 2.24) is 5.06 Å². The Labute approximate surface area is 135 Å². The molecule has 0 radical (unpaired) electrons. The van der Waals surface area contributed by atoms with E-state index in [0.717, 1.165) is 9.54 Å². The summed E-state index contributed by atoms with van der Waals surface area (Å²) in [6, 6.07) is 11.8. The molecule has 3 rings (SSSR count). The Balaban J connectivity index is 2.26. The second-order valence-electron chi connectivity index (χ2n) is 4.65. The van der Waals surface area contributed by atoms with Gasteiger partial charge in [-0.05, 0) is 30.3 Å². The van der Waals surface area contributed by atoms with Gasteiger partial charge in [0, 0.05) is 20.6 Å². The number of carbonyl (C=O) groups excluding carboxylic acids is 1. The van der Waals surface area contributed by atoms with Crippen molar-refractivity contribution in [3.8, 4) is 0 Å². The van der Waals surface area contributed by atoms with Crippen molar-refractivity contribution >= 4 is 33.4 Å². The minimum Gasteiger partial charge on any atom is -0.361 e. The van der Waals surface area contributed by atoms with Crippen LogP contribution in [0.15, 0.2) is 46.9 Å². The van der Waals surface area contributed by atoms with Crippen LogP contribution in [0.5, 0.6) is 0 Å². The van der Waals surface area contributed by atoms with E-state index in [-0.39, 0.29) is 0 Å². The minimum absolute atomic E-state index is 0.367. The van der Waals surface area contributed by atoms with Crippen molar-refractivity contribution in [2.24, 2.45) is 0 Å². The van der Waals surface area contributed by atoms with Gasteiger partial charge in [0.15, 0.2) is 0 Å². The molecule has 1 atom stereocenters. The zero-order valence-electron chi connectivity index (χ0n) is 11.0. The lowest BCUT2D eigenvalue weighted by Gasteiger charge is -2.32. The minimum atomic E-state index is -1.70. The largest absolute Gasteiger partial charge is 0.361 e. The van der Waals surface area contributed by atoms with Crippen LogP contribution in [0.3, 0.4) is 0 Å². The first kappa shape index (κ1) is 14.5. The number of halogens is 2. The first-order valence-corrected chi connectivity index (χ1v) is 7.32. The van der Waals surface area contributed by atoms with Crippen LogP contribution >= 0.6 is 27.5 Å². The molecule has 108 valence electrons. The number of fused-ring (bicyclic) bond motifs is 1. The van der Waals surface area contributed by atoms with Crippen LogP contribution in [0.4, 0.5) is 0 Å². The third-order valence-corrected chi connectivity index (χ3v) is 4.26. The summed E-state index contributed by atoms with van der Waals surface area (Å²) >= 11 is 9.36. The topological polar surface area (TPSA) is 49.8 Å². The fraction of sp³-hybridized carbons (Fsp3) is 0.133. The Bertz CT molecular complexity index is 719. The van der Waals surface area contributed by atoms with E-state index >= 15 is 0 Å². The SMILES string of the molecule is CON1C(=O)c2ccc(Cl)cc2C1(O)c1ccc(Br)cc1. The number of benzene rings is 2. The van der Waals surface area contributed by atoms with Gasteiger partial charge in [-0.15, -0.1) is 0 Å². The maximum atomic E-state index is 12.4. The Morgan fingerprint density at radius 1 is 1.24 bits per heavy atom. The maximum absolute atomic E-state index is 12.4. The predicted molar refractivity (Wildman–Crippen MR) is 81.8 cm³/mol. The summed E-state index contributed by atoms with van der Waals surface area (Å²) in [7, 11) is 1.34. The van der Waals surface area contributed by atoms with Gasteiger partial charge in [0.05, 0.1) is 12.7 Å². The molecule has 0 aromatic heterocycles. The van der Waals surface area contributed by atoms with Gasteiger partial charge in [-0.1, -0.05) is 39.7 Å². The molecule has 2 aromatic carbocycles. The highest BCUT2D eigenvalue weighted by Crippen LogP contribution is 2.43. The number of nitrogens with zero attached hydrogens (tertiary/aromatic N) is 1. The van der Waals surface area contributed by atoms with Crippen molar-refractivity contribution in [2.75, 3.05) is 7.11 Å². The standard InChI is InChI=1S/C15H11BrClNO3/c1-21-18-14(19)12-7-6-11(17)8-13(12)15(18,20)9-2-4-10(16)5-3-9/h2-8,20H,1H3. The van der Waals surface area contributed by atoms with Crippen molar-refractivity contribution in [3.05, 3.63) is 68.7 Å². The molecule has 1 aliphatic heterocycles. The van der Waals surface area contributed by atoms with E-state index < -0.39 is 11.6 Å². The molecule has 0 aliphatic carbocycles. The van der Waals surface area contributed by atoms with Crippen LogP contribution < -0.4 is 0 Å². The molecule has 21 heavy (non-hydrogen) atoms. The van der Waals surface area contributed by atoms with Gasteiger partial charge in [0.2, 0.25) is 5.72 Å². The second-order valence-corrected chi connectivity index (χ2v) is 6.00. The lowest BCUT2D eigenvalue weighted by Crippen LogP contribution is -2.43. The van der Waals surface area contributed by atoms with Crippen molar-refractivity contribution in [2.45, 2.75) is 5.72 Å². The molecule has 0 bridgehead atoms. The van der Waals surface area contributed by atoms with E-state index in [1.807, 2.05) is 0 Å². The number of hydrogen-bond acceptors (Lipinski definition) is 3. The average molecular weight is 369 g/mol. The van der Waals surface area contributed by atoms with Crippen LogP contribution in [0.1, 0.15) is 21.5 Å². The molecule has 1 amide bonds. The van der Waals surface area contributed by atoms with Crippen molar-refractivity contribution in [3.63, 3.8) is 0 Å². The Hall–Kier alpha value is -1.40. The molecule has 2 aromatic rings. The van der Waals surface area contributed by atoms with Gasteiger partial charge in [0.1, 0.15) is 0 Å². The molecule has 1 N–H and O–H groups in total. The lowest BCUT2D eigenvalue weighted by atomic mass is 9.94. The average Bonchev–Trinajstić information content (AvgIpc) is 2.68. The van der Waals surface area contributed by atoms with Crippen molar-refractivity contribution < 1.29 is 14.7 Å². The van der Waals surface area contributed by atoms with Crippen LogP contribution in [0.25, 0.3) is 0 Å². The van der Waals surface area contributed by atoms with E-state index in [1.54, 1.807) is 42.5 Å². The molecule has 0 fully saturated rings. The Morgan fingerprint density at radius 3 is 2.52 bits per heavy atom. The molecule has 0 saturated heterocycles. The maximum Gasteiger partial charge on any atom is 0.281 e. The zero-order valence-corrected chi connectivity index (χ0v) is 13.4. The summed E-state index contributed by atoms with van der Waals surface area (Å²) in [5.74, 6) is -0.408. The van der Waals surface area contributed by atoms with E-state index in [1.165, 1.54) is 7.11 Å². The highest BCUT2D eigenvalue weighted by atomic mass is 79.9. The highest BCUT2D eigenvalue weighted by molar-refractivity contribution is 9.10. The molecule has 0 spiro atoms. The number of amides is 1. The Morgan fingerprint density at radius 2 is 1.90 bits per heavy atom. The van der Waals surface area contributed by atoms with Crippen LogP contribution in [0.2, 0.25) is 5.02 Å². The zero-order chi connectivity index (χ0) is 15.2. The molecule has 6 heteroatoms. The number of hydrogen-bond donors (Lipinski definition) is 1. The first-order chi connectivity index (χ1) is 9.98. The lowest BCUT2D eigenvalue weighted by molar-refractivity contribution is -0.223. The predicted octanol–water partition coefficient (Wildman–Crippen LogP) is 3.31. The molecule has 4 nitrogen and oxygen atoms in total. The van der Waals surface area contributed by atoms with Crippen molar-refractivity contribution in [1.29, 1.82) is 0 Å². The van der Waals surface area contributed by atoms with Crippen LogP contribution in [-0.2, 0) is 10.6 Å². The summed E-state index contributed by atoms with van der Waals surface area (Å²) < 4.78 is 0.870. The molecule has 1 unspecified atom stereocenters. The number of carbonyl (C=O) groups is 1. The third-order valence-electron chi connectivity index (χ3n) is 3.50. The van der Waals surface area contributed by atoms with Gasteiger partial charge in [-0.2, -0.15) is 5.06 Å². The quantitative estimate of drug-likeness (QED) is 0.885. The molecule has 0 saturated carbocycles.